The first kappa shape index (κ1) is 15.8. The van der Waals surface area contributed by atoms with Crippen LogP contribution in [0.3, 0.4) is 0 Å². The Morgan fingerprint density at radius 1 is 1.00 bits per heavy atom. The third-order valence-electron chi connectivity index (χ3n) is 4.82. The number of esters is 1. The number of benzene rings is 2. The predicted molar refractivity (Wildman–Crippen MR) is 91.6 cm³/mol. The molecule has 23 heavy (non-hydrogen) atoms. The van der Waals surface area contributed by atoms with Gasteiger partial charge in [-0.25, -0.2) is 4.79 Å². The molecule has 0 aliphatic carbocycles. The average Bonchev–Trinajstić information content (AvgIpc) is 2.59. The Kier molecular flexibility index (Phi) is 4.49. The molecule has 1 fully saturated rings. The Bertz CT molecular complexity index is 688. The number of ether oxygens (including phenoxy) is 1. The molecular weight excluding hydrogens is 286 g/mol. The van der Waals surface area contributed by atoms with Crippen LogP contribution in [0.4, 0.5) is 0 Å². The van der Waals surface area contributed by atoms with E-state index in [2.05, 4.69) is 17.4 Å². The summed E-state index contributed by atoms with van der Waals surface area (Å²) in [6.07, 6.45) is 1.60. The fourth-order valence-corrected chi connectivity index (χ4v) is 3.23. The summed E-state index contributed by atoms with van der Waals surface area (Å²) in [5.74, 6) is -0.225. The van der Waals surface area contributed by atoms with Crippen molar-refractivity contribution in [3.05, 3.63) is 70.8 Å². The van der Waals surface area contributed by atoms with E-state index in [1.165, 1.54) is 0 Å². The van der Waals surface area contributed by atoms with Gasteiger partial charge in [0.1, 0.15) is 5.60 Å². The highest BCUT2D eigenvalue weighted by molar-refractivity contribution is 5.91. The van der Waals surface area contributed by atoms with Gasteiger partial charge < -0.3 is 10.1 Å². The molecule has 1 aliphatic heterocycles. The van der Waals surface area contributed by atoms with Crippen molar-refractivity contribution in [2.75, 3.05) is 13.1 Å². The van der Waals surface area contributed by atoms with Gasteiger partial charge in [-0.15, -0.1) is 0 Å². The molecule has 0 saturated carbocycles. The van der Waals surface area contributed by atoms with Gasteiger partial charge in [0.05, 0.1) is 5.56 Å². The van der Waals surface area contributed by atoms with Gasteiger partial charge in [0.15, 0.2) is 0 Å². The summed E-state index contributed by atoms with van der Waals surface area (Å²) in [7, 11) is 0. The fraction of sp³-hybridized carbons (Fsp3) is 0.350. The first-order valence-electron chi connectivity index (χ1n) is 8.18. The highest BCUT2D eigenvalue weighted by atomic mass is 16.6. The number of carbonyl (C=O) groups excluding carboxylic acids is 1. The number of hydrogen-bond donors (Lipinski definition) is 1. The third-order valence-corrected chi connectivity index (χ3v) is 4.82. The molecule has 120 valence electrons. The second kappa shape index (κ2) is 6.55. The lowest BCUT2D eigenvalue weighted by molar-refractivity contribution is -0.0379. The Morgan fingerprint density at radius 3 is 2.39 bits per heavy atom. The maximum absolute atomic E-state index is 12.8. The summed E-state index contributed by atoms with van der Waals surface area (Å²) < 4.78 is 6.11. The summed E-state index contributed by atoms with van der Waals surface area (Å²) in [5.41, 5.74) is 3.33. The van der Waals surface area contributed by atoms with Crippen LogP contribution in [0.25, 0.3) is 0 Å². The average molecular weight is 309 g/mol. The molecule has 0 amide bonds. The highest BCUT2D eigenvalue weighted by Gasteiger charge is 2.38. The monoisotopic (exact) mass is 309 g/mol. The summed E-state index contributed by atoms with van der Waals surface area (Å²) in [6, 6.07) is 15.9. The van der Waals surface area contributed by atoms with Crippen LogP contribution in [0.2, 0.25) is 0 Å². The molecule has 3 heteroatoms. The Morgan fingerprint density at radius 2 is 1.70 bits per heavy atom. The molecule has 0 bridgehead atoms. The standard InChI is InChI=1S/C20H23NO2/c1-15-7-6-10-18(16(15)2)19(22)23-20(11-13-21-14-12-20)17-8-4-3-5-9-17/h3-10,21H,11-14H2,1-2H3. The van der Waals surface area contributed by atoms with E-state index < -0.39 is 5.60 Å². The maximum atomic E-state index is 12.8. The van der Waals surface area contributed by atoms with Crippen molar-refractivity contribution in [3.63, 3.8) is 0 Å². The number of rotatable bonds is 3. The van der Waals surface area contributed by atoms with E-state index >= 15 is 0 Å². The molecule has 1 saturated heterocycles. The molecule has 3 nitrogen and oxygen atoms in total. The normalized spacial score (nSPS) is 16.8. The molecular formula is C20H23NO2. The van der Waals surface area contributed by atoms with E-state index in [1.807, 2.05) is 50.2 Å². The number of carbonyl (C=O) groups is 1. The van der Waals surface area contributed by atoms with Gasteiger partial charge in [-0.3, -0.25) is 0 Å². The van der Waals surface area contributed by atoms with Gasteiger partial charge in [-0.1, -0.05) is 42.5 Å². The van der Waals surface area contributed by atoms with E-state index in [0.717, 1.165) is 42.6 Å². The van der Waals surface area contributed by atoms with E-state index in [-0.39, 0.29) is 5.97 Å². The maximum Gasteiger partial charge on any atom is 0.339 e. The Balaban J connectivity index is 1.93. The smallest absolute Gasteiger partial charge is 0.339 e. The lowest BCUT2D eigenvalue weighted by Crippen LogP contribution is -2.43. The van der Waals surface area contributed by atoms with Crippen molar-refractivity contribution in [2.45, 2.75) is 32.3 Å². The summed E-state index contributed by atoms with van der Waals surface area (Å²) >= 11 is 0. The molecule has 0 radical (unpaired) electrons. The third kappa shape index (κ3) is 3.15. The minimum absolute atomic E-state index is 0.225. The van der Waals surface area contributed by atoms with Crippen LogP contribution in [0.5, 0.6) is 0 Å². The molecule has 2 aromatic carbocycles. The van der Waals surface area contributed by atoms with Crippen molar-refractivity contribution >= 4 is 5.97 Å². The number of piperidine rings is 1. The summed E-state index contributed by atoms with van der Waals surface area (Å²) in [5, 5.41) is 3.35. The van der Waals surface area contributed by atoms with Gasteiger partial charge in [-0.2, -0.15) is 0 Å². The molecule has 1 aliphatic rings. The van der Waals surface area contributed by atoms with Gasteiger partial charge >= 0.3 is 5.97 Å². The lowest BCUT2D eigenvalue weighted by atomic mass is 9.84. The van der Waals surface area contributed by atoms with Crippen LogP contribution >= 0.6 is 0 Å². The zero-order valence-electron chi connectivity index (χ0n) is 13.8. The van der Waals surface area contributed by atoms with Gasteiger partial charge in [0, 0.05) is 12.8 Å². The van der Waals surface area contributed by atoms with Crippen LogP contribution in [-0.4, -0.2) is 19.1 Å². The van der Waals surface area contributed by atoms with Crippen LogP contribution < -0.4 is 5.32 Å². The Labute approximate surface area is 137 Å². The molecule has 3 rings (SSSR count). The van der Waals surface area contributed by atoms with Gasteiger partial charge in [-0.05, 0) is 49.7 Å². The fourth-order valence-electron chi connectivity index (χ4n) is 3.23. The number of nitrogens with one attached hydrogen (secondary N) is 1. The predicted octanol–water partition coefficient (Wildman–Crippen LogP) is 3.74. The van der Waals surface area contributed by atoms with E-state index in [4.69, 9.17) is 4.74 Å². The van der Waals surface area contributed by atoms with Crippen LogP contribution in [0, 0.1) is 13.8 Å². The topological polar surface area (TPSA) is 38.3 Å². The van der Waals surface area contributed by atoms with Crippen molar-refractivity contribution < 1.29 is 9.53 Å². The first-order valence-corrected chi connectivity index (χ1v) is 8.18. The quantitative estimate of drug-likeness (QED) is 0.878. The van der Waals surface area contributed by atoms with E-state index in [0.29, 0.717) is 5.56 Å². The summed E-state index contributed by atoms with van der Waals surface area (Å²) in [6.45, 7) is 5.71. The first-order chi connectivity index (χ1) is 11.1. The SMILES string of the molecule is Cc1cccc(C(=O)OC2(c3ccccc3)CCNCC2)c1C. The molecule has 0 unspecified atom stereocenters. The van der Waals surface area contributed by atoms with Crippen molar-refractivity contribution in [1.29, 1.82) is 0 Å². The lowest BCUT2D eigenvalue weighted by Gasteiger charge is -2.37. The molecule has 0 spiro atoms. The second-order valence-corrected chi connectivity index (χ2v) is 6.25. The Hall–Kier alpha value is -2.13. The molecule has 1 heterocycles. The van der Waals surface area contributed by atoms with Gasteiger partial charge in [0.2, 0.25) is 0 Å². The van der Waals surface area contributed by atoms with Gasteiger partial charge in [0.25, 0.3) is 0 Å². The van der Waals surface area contributed by atoms with Crippen molar-refractivity contribution in [2.24, 2.45) is 0 Å². The van der Waals surface area contributed by atoms with Crippen LogP contribution in [-0.2, 0) is 10.3 Å². The molecule has 2 aromatic rings. The zero-order chi connectivity index (χ0) is 16.3. The largest absolute Gasteiger partial charge is 0.450 e. The van der Waals surface area contributed by atoms with Crippen molar-refractivity contribution in [3.8, 4) is 0 Å². The highest BCUT2D eigenvalue weighted by Crippen LogP contribution is 2.36. The molecule has 0 aromatic heterocycles. The minimum atomic E-state index is -0.528. The van der Waals surface area contributed by atoms with Crippen LogP contribution in [0.1, 0.15) is 39.9 Å². The second-order valence-electron chi connectivity index (χ2n) is 6.25. The van der Waals surface area contributed by atoms with Crippen LogP contribution in [0.15, 0.2) is 48.5 Å². The zero-order valence-corrected chi connectivity index (χ0v) is 13.8. The minimum Gasteiger partial charge on any atom is -0.450 e. The number of hydrogen-bond acceptors (Lipinski definition) is 3. The summed E-state index contributed by atoms with van der Waals surface area (Å²) in [4.78, 5) is 12.8. The van der Waals surface area contributed by atoms with Crippen molar-refractivity contribution in [1.82, 2.24) is 5.32 Å². The molecule has 0 atom stereocenters. The number of aryl methyl sites for hydroxylation is 1. The molecule has 1 N–H and O–H groups in total. The van der Waals surface area contributed by atoms with E-state index in [1.54, 1.807) is 0 Å². The van der Waals surface area contributed by atoms with E-state index in [9.17, 15) is 4.79 Å².